The molecule has 0 saturated carbocycles. The lowest BCUT2D eigenvalue weighted by Crippen LogP contribution is -2.20. The Labute approximate surface area is 197 Å². The van der Waals surface area contributed by atoms with Gasteiger partial charge in [-0.15, -0.1) is 0 Å². The number of hydrogen-bond donors (Lipinski definition) is 3. The first kappa shape index (κ1) is 23.9. The van der Waals surface area contributed by atoms with E-state index in [0.29, 0.717) is 22.3 Å². The second kappa shape index (κ2) is 8.85. The first-order valence-corrected chi connectivity index (χ1v) is 10.5. The number of rotatable bonds is 4. The number of nitrogens with one attached hydrogen (secondary N) is 2. The molecule has 2 heterocycles. The van der Waals surface area contributed by atoms with Gasteiger partial charge in [-0.25, -0.2) is 23.8 Å². The van der Waals surface area contributed by atoms with Crippen LogP contribution in [0.3, 0.4) is 0 Å². The number of benzene rings is 2. The highest BCUT2D eigenvalue weighted by atomic mass is 19.4. The molecule has 0 spiro atoms. The molecule has 0 unspecified atom stereocenters. The molecule has 4 N–H and O–H groups in total. The van der Waals surface area contributed by atoms with E-state index in [4.69, 9.17) is 5.73 Å². The van der Waals surface area contributed by atoms with E-state index >= 15 is 0 Å². The van der Waals surface area contributed by atoms with Crippen LogP contribution in [-0.4, -0.2) is 25.8 Å². The smallest absolute Gasteiger partial charge is 0.383 e. The second-order valence-corrected chi connectivity index (χ2v) is 8.15. The number of anilines is 3. The fourth-order valence-corrected chi connectivity index (χ4v) is 3.61. The average molecular weight is 487 g/mol. The van der Waals surface area contributed by atoms with Crippen molar-refractivity contribution in [1.82, 2.24) is 19.7 Å². The molecule has 2 amide bonds. The highest BCUT2D eigenvalue weighted by Crippen LogP contribution is 2.34. The summed E-state index contributed by atoms with van der Waals surface area (Å²) in [4.78, 5) is 20.5. The summed E-state index contributed by atoms with van der Waals surface area (Å²) in [5.41, 5.74) is 6.17. The Morgan fingerprint density at radius 2 is 1.83 bits per heavy atom. The number of aromatic nitrogens is 4. The molecule has 4 aromatic rings. The zero-order valence-corrected chi connectivity index (χ0v) is 18.9. The molecule has 12 heteroatoms. The van der Waals surface area contributed by atoms with Gasteiger partial charge < -0.3 is 16.4 Å². The Bertz CT molecular complexity index is 1430. The van der Waals surface area contributed by atoms with Gasteiger partial charge in [0, 0.05) is 17.3 Å². The van der Waals surface area contributed by atoms with E-state index in [-0.39, 0.29) is 28.8 Å². The van der Waals surface area contributed by atoms with Crippen molar-refractivity contribution >= 4 is 34.3 Å². The number of carbonyl (C=O) groups is 1. The summed E-state index contributed by atoms with van der Waals surface area (Å²) < 4.78 is 55.9. The van der Waals surface area contributed by atoms with Crippen LogP contribution in [0.2, 0.25) is 0 Å². The largest absolute Gasteiger partial charge is 0.416 e. The van der Waals surface area contributed by atoms with Crippen LogP contribution in [-0.2, 0) is 6.18 Å². The Hall–Kier alpha value is -4.22. The van der Waals surface area contributed by atoms with Gasteiger partial charge >= 0.3 is 12.2 Å². The number of nitrogen functional groups attached to an aromatic ring is 1. The molecule has 4 rings (SSSR count). The van der Waals surface area contributed by atoms with Crippen LogP contribution in [0.5, 0.6) is 0 Å². The van der Waals surface area contributed by atoms with E-state index in [1.807, 2.05) is 13.8 Å². The van der Waals surface area contributed by atoms with Crippen molar-refractivity contribution in [2.75, 3.05) is 16.4 Å². The number of hydrogen-bond acceptors (Lipinski definition) is 5. The lowest BCUT2D eigenvalue weighted by atomic mass is 10.1. The van der Waals surface area contributed by atoms with E-state index in [2.05, 4.69) is 25.7 Å². The van der Waals surface area contributed by atoms with Gasteiger partial charge in [0.05, 0.1) is 16.6 Å². The summed E-state index contributed by atoms with van der Waals surface area (Å²) >= 11 is 0. The molecule has 2 aromatic carbocycles. The van der Waals surface area contributed by atoms with Crippen molar-refractivity contribution in [3.05, 3.63) is 59.7 Å². The molecule has 0 aliphatic carbocycles. The number of urea groups is 1. The van der Waals surface area contributed by atoms with Crippen LogP contribution in [0.4, 0.5) is 39.5 Å². The van der Waals surface area contributed by atoms with Crippen LogP contribution < -0.4 is 16.4 Å². The van der Waals surface area contributed by atoms with Gasteiger partial charge in [-0.1, -0.05) is 12.1 Å². The minimum atomic E-state index is -4.57. The highest BCUT2D eigenvalue weighted by molar-refractivity contribution is 6.01. The lowest BCUT2D eigenvalue weighted by molar-refractivity contribution is -0.138. The fourth-order valence-electron chi connectivity index (χ4n) is 3.61. The van der Waals surface area contributed by atoms with Gasteiger partial charge in [0.15, 0.2) is 5.65 Å². The van der Waals surface area contributed by atoms with Crippen LogP contribution >= 0.6 is 0 Å². The van der Waals surface area contributed by atoms with E-state index in [9.17, 15) is 22.4 Å². The number of halogens is 4. The summed E-state index contributed by atoms with van der Waals surface area (Å²) in [6, 6.07) is 6.46. The lowest BCUT2D eigenvalue weighted by Gasteiger charge is -2.13. The van der Waals surface area contributed by atoms with Crippen LogP contribution in [0.15, 0.2) is 42.7 Å². The third-order valence-corrected chi connectivity index (χ3v) is 5.30. The minimum Gasteiger partial charge on any atom is -0.383 e. The molecule has 0 saturated heterocycles. The van der Waals surface area contributed by atoms with Crippen molar-refractivity contribution < 1.29 is 22.4 Å². The number of amides is 2. The number of alkyl halides is 3. The van der Waals surface area contributed by atoms with Crippen molar-refractivity contribution in [3.8, 4) is 11.3 Å². The van der Waals surface area contributed by atoms with E-state index in [1.54, 1.807) is 4.68 Å². The van der Waals surface area contributed by atoms with Crippen molar-refractivity contribution in [3.63, 3.8) is 0 Å². The third kappa shape index (κ3) is 4.72. The fraction of sp³-hybridized carbons (Fsp3) is 0.217. The third-order valence-electron chi connectivity index (χ3n) is 5.30. The Balaban J connectivity index is 1.59. The molecule has 35 heavy (non-hydrogen) atoms. The number of nitrogens with two attached hydrogens (primary N) is 1. The molecule has 0 aliphatic rings. The Morgan fingerprint density at radius 1 is 1.09 bits per heavy atom. The van der Waals surface area contributed by atoms with Crippen molar-refractivity contribution in [2.24, 2.45) is 0 Å². The molecule has 0 bridgehead atoms. The molecule has 182 valence electrons. The zero-order chi connectivity index (χ0) is 25.5. The predicted molar refractivity (Wildman–Crippen MR) is 124 cm³/mol. The molecule has 0 atom stereocenters. The van der Waals surface area contributed by atoms with Gasteiger partial charge in [-0.3, -0.25) is 0 Å². The molecular weight excluding hydrogens is 466 g/mol. The molecule has 0 aliphatic heterocycles. The van der Waals surface area contributed by atoms with Crippen molar-refractivity contribution in [1.29, 1.82) is 0 Å². The maximum atomic E-state index is 14.9. The average Bonchev–Trinajstić information content (AvgIpc) is 3.17. The number of carbonyl (C=O) groups excluding carboxylic acids is 1. The summed E-state index contributed by atoms with van der Waals surface area (Å²) in [6.07, 6.45) is -3.25. The number of nitrogens with zero attached hydrogens (tertiary/aromatic N) is 4. The summed E-state index contributed by atoms with van der Waals surface area (Å²) in [5.74, 6) is -0.588. The normalized spacial score (nSPS) is 11.8. The van der Waals surface area contributed by atoms with Gasteiger partial charge in [-0.05, 0) is 50.6 Å². The molecule has 0 fully saturated rings. The summed E-state index contributed by atoms with van der Waals surface area (Å²) in [5, 5.41) is 9.58. The number of aryl methyl sites for hydroxylation is 1. The monoisotopic (exact) mass is 487 g/mol. The second-order valence-electron chi connectivity index (χ2n) is 8.15. The topological polar surface area (TPSA) is 111 Å². The molecule has 0 radical (unpaired) electrons. The van der Waals surface area contributed by atoms with E-state index < -0.39 is 23.6 Å². The maximum absolute atomic E-state index is 14.9. The molecule has 8 nitrogen and oxygen atoms in total. The van der Waals surface area contributed by atoms with Crippen molar-refractivity contribution in [2.45, 2.75) is 33.0 Å². The van der Waals surface area contributed by atoms with E-state index in [1.165, 1.54) is 43.6 Å². The van der Waals surface area contributed by atoms with Gasteiger partial charge in [0.1, 0.15) is 23.7 Å². The number of fused-ring (bicyclic) bond motifs is 1. The Kier molecular flexibility index (Phi) is 6.05. The first-order valence-electron chi connectivity index (χ1n) is 10.5. The molecular formula is C23H21F4N7O. The standard InChI is InChI=1S/C23H21F4N7O/c1-11(2)34-21-18(20(28)29-10-30-21)19(33-34)13-5-7-17(16(24)8-13)32-22(35)31-14-6-4-12(3)15(9-14)23(25,26)27/h4-11H,1-3H3,(H2,28,29,30)(H2,31,32,35). The van der Waals surface area contributed by atoms with Crippen LogP contribution in [0.1, 0.15) is 31.0 Å². The van der Waals surface area contributed by atoms with Gasteiger partial charge in [0.25, 0.3) is 0 Å². The van der Waals surface area contributed by atoms with Crippen LogP contribution in [0.25, 0.3) is 22.3 Å². The maximum Gasteiger partial charge on any atom is 0.416 e. The Morgan fingerprint density at radius 3 is 2.49 bits per heavy atom. The van der Waals surface area contributed by atoms with Crippen LogP contribution in [0, 0.1) is 12.7 Å². The van der Waals surface area contributed by atoms with Gasteiger partial charge in [-0.2, -0.15) is 18.3 Å². The summed E-state index contributed by atoms with van der Waals surface area (Å²) in [7, 11) is 0. The SMILES string of the molecule is Cc1ccc(NC(=O)Nc2ccc(-c3nn(C(C)C)c4ncnc(N)c34)cc2F)cc1C(F)(F)F. The van der Waals surface area contributed by atoms with Gasteiger partial charge in [0.2, 0.25) is 0 Å². The first-order chi connectivity index (χ1) is 16.5. The predicted octanol–water partition coefficient (Wildman–Crippen LogP) is 5.77. The quantitative estimate of drug-likeness (QED) is 0.317. The highest BCUT2D eigenvalue weighted by Gasteiger charge is 2.32. The minimum absolute atomic E-state index is 0.0172. The van der Waals surface area contributed by atoms with E-state index in [0.717, 1.165) is 6.07 Å². The summed E-state index contributed by atoms with van der Waals surface area (Å²) in [6.45, 7) is 5.13. The molecule has 2 aromatic heterocycles. The zero-order valence-electron chi connectivity index (χ0n) is 18.9.